The molecule has 1 atom stereocenters. The average molecular weight is 355 g/mol. The third-order valence-electron chi connectivity index (χ3n) is 4.00. The summed E-state index contributed by atoms with van der Waals surface area (Å²) in [6, 6.07) is 15.5. The Morgan fingerprint density at radius 2 is 1.56 bits per heavy atom. The molecule has 2 aromatic rings. The van der Waals surface area contributed by atoms with Crippen molar-refractivity contribution >= 4 is 29.5 Å². The Hall–Kier alpha value is -2.60. The number of carbonyl (C=O) groups excluding carboxylic acids is 3. The lowest BCUT2D eigenvalue weighted by Gasteiger charge is -2.23. The fourth-order valence-corrected chi connectivity index (χ4v) is 3.79. The van der Waals surface area contributed by atoms with Crippen molar-refractivity contribution in [2.24, 2.45) is 0 Å². The van der Waals surface area contributed by atoms with Crippen LogP contribution in [0.15, 0.2) is 54.6 Å². The zero-order valence-corrected chi connectivity index (χ0v) is 14.5. The summed E-state index contributed by atoms with van der Waals surface area (Å²) in [6.07, 6.45) is 0. The fourth-order valence-electron chi connectivity index (χ4n) is 2.74. The molecule has 1 unspecified atom stereocenters. The molecule has 0 aromatic heterocycles. The van der Waals surface area contributed by atoms with E-state index < -0.39 is 23.8 Å². The van der Waals surface area contributed by atoms with E-state index in [1.165, 1.54) is 18.9 Å². The Labute approximate surface area is 150 Å². The highest BCUT2D eigenvalue weighted by Crippen LogP contribution is 2.27. The van der Waals surface area contributed by atoms with Crippen LogP contribution in [0.2, 0.25) is 0 Å². The maximum absolute atomic E-state index is 12.6. The van der Waals surface area contributed by atoms with Gasteiger partial charge in [-0.05, 0) is 17.7 Å². The topological polar surface area (TPSA) is 63.7 Å². The number of esters is 1. The van der Waals surface area contributed by atoms with Crippen LogP contribution in [0.1, 0.15) is 26.3 Å². The van der Waals surface area contributed by atoms with E-state index in [0.29, 0.717) is 16.9 Å². The van der Waals surface area contributed by atoms with Gasteiger partial charge in [0.2, 0.25) is 0 Å². The van der Waals surface area contributed by atoms with Crippen LogP contribution >= 0.6 is 11.8 Å². The van der Waals surface area contributed by atoms with Crippen LogP contribution in [-0.4, -0.2) is 41.6 Å². The zero-order chi connectivity index (χ0) is 17.8. The number of amides is 2. The van der Waals surface area contributed by atoms with Crippen LogP contribution in [0.3, 0.4) is 0 Å². The summed E-state index contributed by atoms with van der Waals surface area (Å²) < 4.78 is 4.82. The molecule has 25 heavy (non-hydrogen) atoms. The van der Waals surface area contributed by atoms with E-state index >= 15 is 0 Å². The SMILES string of the molecule is COC(=O)C(CSCc1ccccc1)N1C(=O)c2ccccc2C1=O. The van der Waals surface area contributed by atoms with Gasteiger partial charge >= 0.3 is 5.97 Å². The molecule has 0 aliphatic carbocycles. The number of carbonyl (C=O) groups is 3. The lowest BCUT2D eigenvalue weighted by Crippen LogP contribution is -2.47. The van der Waals surface area contributed by atoms with Gasteiger partial charge < -0.3 is 4.74 Å². The average Bonchev–Trinajstić information content (AvgIpc) is 2.90. The number of imide groups is 1. The van der Waals surface area contributed by atoms with Gasteiger partial charge in [-0.3, -0.25) is 14.5 Å². The van der Waals surface area contributed by atoms with E-state index in [0.717, 1.165) is 10.5 Å². The number of thioether (sulfide) groups is 1. The molecular formula is C19H17NO4S. The highest BCUT2D eigenvalue weighted by atomic mass is 32.2. The second-order valence-corrected chi connectivity index (χ2v) is 6.60. The molecule has 0 saturated carbocycles. The van der Waals surface area contributed by atoms with Crippen molar-refractivity contribution in [3.05, 3.63) is 71.3 Å². The first-order valence-electron chi connectivity index (χ1n) is 7.80. The molecule has 0 fully saturated rings. The quantitative estimate of drug-likeness (QED) is 0.589. The predicted octanol–water partition coefficient (Wildman–Crippen LogP) is 2.76. The van der Waals surface area contributed by atoms with E-state index in [1.54, 1.807) is 24.3 Å². The maximum Gasteiger partial charge on any atom is 0.329 e. The van der Waals surface area contributed by atoms with Crippen LogP contribution < -0.4 is 0 Å². The van der Waals surface area contributed by atoms with Gasteiger partial charge in [0.25, 0.3) is 11.8 Å². The lowest BCUT2D eigenvalue weighted by molar-refractivity contribution is -0.144. The summed E-state index contributed by atoms with van der Waals surface area (Å²) in [7, 11) is 1.26. The maximum atomic E-state index is 12.6. The number of hydrogen-bond acceptors (Lipinski definition) is 5. The Bertz CT molecular complexity index is 771. The summed E-state index contributed by atoms with van der Waals surface area (Å²) in [5.74, 6) is -0.521. The van der Waals surface area contributed by atoms with Crippen molar-refractivity contribution in [2.45, 2.75) is 11.8 Å². The largest absolute Gasteiger partial charge is 0.467 e. The number of fused-ring (bicyclic) bond motifs is 1. The van der Waals surface area contributed by atoms with Crippen LogP contribution in [0.5, 0.6) is 0 Å². The lowest BCUT2D eigenvalue weighted by atomic mass is 10.1. The van der Waals surface area contributed by atoms with Crippen molar-refractivity contribution < 1.29 is 19.1 Å². The number of nitrogens with zero attached hydrogens (tertiary/aromatic N) is 1. The normalized spacial score (nSPS) is 14.4. The molecule has 0 saturated heterocycles. The minimum absolute atomic E-state index is 0.285. The number of methoxy groups -OCH3 is 1. The minimum atomic E-state index is -0.939. The molecule has 1 aliphatic rings. The predicted molar refractivity (Wildman–Crippen MR) is 95.4 cm³/mol. The third-order valence-corrected chi connectivity index (χ3v) is 5.09. The molecular weight excluding hydrogens is 338 g/mol. The smallest absolute Gasteiger partial charge is 0.329 e. The Balaban J connectivity index is 1.76. The molecule has 0 N–H and O–H groups in total. The summed E-state index contributed by atoms with van der Waals surface area (Å²) >= 11 is 1.48. The number of benzene rings is 2. The number of hydrogen-bond donors (Lipinski definition) is 0. The summed E-state index contributed by atoms with van der Waals surface area (Å²) in [6.45, 7) is 0. The summed E-state index contributed by atoms with van der Waals surface area (Å²) in [4.78, 5) is 38.4. The van der Waals surface area contributed by atoms with Crippen LogP contribution in [0.25, 0.3) is 0 Å². The van der Waals surface area contributed by atoms with Crippen molar-refractivity contribution in [2.75, 3.05) is 12.9 Å². The zero-order valence-electron chi connectivity index (χ0n) is 13.7. The second-order valence-electron chi connectivity index (χ2n) is 5.57. The minimum Gasteiger partial charge on any atom is -0.467 e. The summed E-state index contributed by atoms with van der Waals surface area (Å²) in [5.41, 5.74) is 1.77. The Kier molecular flexibility index (Phi) is 5.19. The summed E-state index contributed by atoms with van der Waals surface area (Å²) in [5, 5.41) is 0. The van der Waals surface area contributed by atoms with Gasteiger partial charge in [-0.1, -0.05) is 42.5 Å². The van der Waals surface area contributed by atoms with Gasteiger partial charge in [-0.15, -0.1) is 0 Å². The van der Waals surface area contributed by atoms with E-state index in [9.17, 15) is 14.4 Å². The van der Waals surface area contributed by atoms with Crippen molar-refractivity contribution in [3.8, 4) is 0 Å². The first kappa shape index (κ1) is 17.2. The second kappa shape index (κ2) is 7.53. The van der Waals surface area contributed by atoms with E-state index in [1.807, 2.05) is 30.3 Å². The molecule has 3 rings (SSSR count). The third kappa shape index (κ3) is 3.44. The molecule has 5 nitrogen and oxygen atoms in total. The standard InChI is InChI=1S/C19H17NO4S/c1-24-19(23)16(12-25-11-13-7-3-2-4-8-13)20-17(21)14-9-5-6-10-15(14)18(20)22/h2-10,16H,11-12H2,1H3. The van der Waals surface area contributed by atoms with E-state index in [-0.39, 0.29) is 5.75 Å². The molecule has 0 spiro atoms. The van der Waals surface area contributed by atoms with Crippen molar-refractivity contribution in [1.29, 1.82) is 0 Å². The van der Waals surface area contributed by atoms with Crippen LogP contribution in [-0.2, 0) is 15.3 Å². The monoisotopic (exact) mass is 355 g/mol. The van der Waals surface area contributed by atoms with Gasteiger partial charge in [0.15, 0.2) is 0 Å². The van der Waals surface area contributed by atoms with Gasteiger partial charge in [-0.25, -0.2) is 4.79 Å². The van der Waals surface area contributed by atoms with Gasteiger partial charge in [-0.2, -0.15) is 11.8 Å². The van der Waals surface area contributed by atoms with Gasteiger partial charge in [0, 0.05) is 11.5 Å². The molecule has 6 heteroatoms. The molecule has 1 heterocycles. The highest BCUT2D eigenvalue weighted by molar-refractivity contribution is 7.98. The van der Waals surface area contributed by atoms with Crippen LogP contribution in [0, 0.1) is 0 Å². The molecule has 2 aromatic carbocycles. The Morgan fingerprint density at radius 3 is 2.12 bits per heavy atom. The van der Waals surface area contributed by atoms with Crippen LogP contribution in [0.4, 0.5) is 0 Å². The fraction of sp³-hybridized carbons (Fsp3) is 0.211. The molecule has 2 amide bonds. The van der Waals surface area contributed by atoms with E-state index in [2.05, 4.69) is 0 Å². The molecule has 0 bridgehead atoms. The highest BCUT2D eigenvalue weighted by Gasteiger charge is 2.43. The first-order chi connectivity index (χ1) is 12.1. The van der Waals surface area contributed by atoms with E-state index in [4.69, 9.17) is 4.74 Å². The van der Waals surface area contributed by atoms with Crippen molar-refractivity contribution in [3.63, 3.8) is 0 Å². The molecule has 128 valence electrons. The Morgan fingerprint density at radius 1 is 1.00 bits per heavy atom. The molecule has 0 radical (unpaired) electrons. The first-order valence-corrected chi connectivity index (χ1v) is 8.95. The van der Waals surface area contributed by atoms with Crippen molar-refractivity contribution in [1.82, 2.24) is 4.90 Å². The number of rotatable bonds is 6. The van der Waals surface area contributed by atoms with Gasteiger partial charge in [0.05, 0.1) is 18.2 Å². The molecule has 1 aliphatic heterocycles. The van der Waals surface area contributed by atoms with Gasteiger partial charge in [0.1, 0.15) is 6.04 Å². The number of ether oxygens (including phenoxy) is 1.